The Morgan fingerprint density at radius 2 is 1.32 bits per heavy atom. The smallest absolute Gasteiger partial charge is 0.285 e. The van der Waals surface area contributed by atoms with Crippen LogP contribution in [-0.2, 0) is 18.5 Å². The average molecular weight is 264 g/mol. The summed E-state index contributed by atoms with van der Waals surface area (Å²) < 4.78 is 3.86. The molecule has 104 valence electrons. The summed E-state index contributed by atoms with van der Waals surface area (Å²) in [6.07, 6.45) is 0. The van der Waals surface area contributed by atoms with E-state index in [4.69, 9.17) is 11.5 Å². The maximum absolute atomic E-state index is 5.98. The Morgan fingerprint density at radius 1 is 0.947 bits per heavy atom. The Balaban J connectivity index is 2.44. The predicted molar refractivity (Wildman–Crippen MR) is 74.3 cm³/mol. The molecule has 0 amide bonds. The molecule has 0 aliphatic rings. The molecule has 0 fully saturated rings. The molecule has 0 bridgehead atoms. The van der Waals surface area contributed by atoms with Crippen LogP contribution in [0.5, 0.6) is 0 Å². The van der Waals surface area contributed by atoms with Gasteiger partial charge in [0, 0.05) is 0 Å². The van der Waals surface area contributed by atoms with Crippen LogP contribution < -0.4 is 20.8 Å². The second-order valence-corrected chi connectivity index (χ2v) is 5.30. The van der Waals surface area contributed by atoms with Crippen molar-refractivity contribution in [3.63, 3.8) is 0 Å². The maximum atomic E-state index is 5.98. The summed E-state index contributed by atoms with van der Waals surface area (Å²) >= 11 is 0. The normalized spacial score (nSPS) is 12.0. The van der Waals surface area contributed by atoms with Gasteiger partial charge in [-0.25, -0.2) is 10.2 Å². The molecule has 6 nitrogen and oxygen atoms in total. The number of anilines is 2. The molecular formula is C13H24N6+2. The van der Waals surface area contributed by atoms with E-state index in [9.17, 15) is 0 Å². The van der Waals surface area contributed by atoms with Crippen molar-refractivity contribution in [1.29, 1.82) is 0 Å². The highest BCUT2D eigenvalue weighted by atomic mass is 15.3. The molecule has 0 aromatic carbocycles. The fourth-order valence-corrected chi connectivity index (χ4v) is 2.24. The van der Waals surface area contributed by atoms with E-state index in [0.717, 1.165) is 36.1 Å². The standard InChI is InChI=1S/C13H22N6/c1-5-18-11(14)7-9(16-18)13(3,4)10-8-12(15)19(6-2)17-10/h7-8H,5-6H2,1-4H3,(H4,14,15,16,17)/p+2. The van der Waals surface area contributed by atoms with Crippen molar-refractivity contribution >= 4 is 11.6 Å². The third-order valence-corrected chi connectivity index (χ3v) is 3.70. The predicted octanol–water partition coefficient (Wildman–Crippen LogP) is 0.448. The number of aromatic amines is 2. The second kappa shape index (κ2) is 4.60. The number of nitrogens with one attached hydrogen (secondary N) is 2. The number of hydrogen-bond donors (Lipinski definition) is 4. The second-order valence-electron chi connectivity index (χ2n) is 5.30. The molecule has 0 atom stereocenters. The van der Waals surface area contributed by atoms with Gasteiger partial charge in [-0.15, -0.1) is 0 Å². The van der Waals surface area contributed by atoms with Crippen molar-refractivity contribution in [2.75, 3.05) is 11.5 Å². The molecule has 2 aromatic heterocycles. The number of nitrogen functional groups attached to an aromatic ring is 2. The minimum absolute atomic E-state index is 0.205. The van der Waals surface area contributed by atoms with Crippen LogP contribution in [0.1, 0.15) is 39.1 Å². The number of nitrogens with zero attached hydrogens (tertiary/aromatic N) is 2. The van der Waals surface area contributed by atoms with Crippen LogP contribution >= 0.6 is 0 Å². The zero-order valence-corrected chi connectivity index (χ0v) is 12.1. The lowest BCUT2D eigenvalue weighted by Crippen LogP contribution is -2.39. The van der Waals surface area contributed by atoms with Gasteiger partial charge in [0.2, 0.25) is 0 Å². The third-order valence-electron chi connectivity index (χ3n) is 3.70. The highest BCUT2D eigenvalue weighted by Gasteiger charge is 2.31. The average Bonchev–Trinajstić information content (AvgIpc) is 2.92. The number of nitrogens with two attached hydrogens (primary N) is 2. The Labute approximate surface area is 113 Å². The Morgan fingerprint density at radius 3 is 1.58 bits per heavy atom. The highest BCUT2D eigenvalue weighted by Crippen LogP contribution is 2.29. The molecule has 0 saturated carbocycles. The molecule has 2 heterocycles. The van der Waals surface area contributed by atoms with E-state index < -0.39 is 0 Å². The van der Waals surface area contributed by atoms with E-state index in [2.05, 4.69) is 37.9 Å². The van der Waals surface area contributed by atoms with Crippen LogP contribution in [0.2, 0.25) is 0 Å². The molecule has 0 radical (unpaired) electrons. The van der Waals surface area contributed by atoms with Gasteiger partial charge in [0.1, 0.15) is 13.1 Å². The van der Waals surface area contributed by atoms with E-state index in [1.807, 2.05) is 21.5 Å². The van der Waals surface area contributed by atoms with Gasteiger partial charge in [0.15, 0.2) is 0 Å². The van der Waals surface area contributed by atoms with Crippen LogP contribution in [0.25, 0.3) is 0 Å². The van der Waals surface area contributed by atoms with Gasteiger partial charge in [-0.05, 0) is 27.7 Å². The molecule has 0 unspecified atom stereocenters. The number of H-pyrrole nitrogens is 2. The number of hydrogen-bond acceptors (Lipinski definition) is 2. The van der Waals surface area contributed by atoms with Crippen LogP contribution in [0.3, 0.4) is 0 Å². The van der Waals surface area contributed by atoms with Gasteiger partial charge in [-0.2, -0.15) is 9.36 Å². The zero-order chi connectivity index (χ0) is 14.2. The van der Waals surface area contributed by atoms with Crippen molar-refractivity contribution < 1.29 is 9.36 Å². The molecule has 2 rings (SSSR count). The zero-order valence-electron chi connectivity index (χ0n) is 12.1. The van der Waals surface area contributed by atoms with Gasteiger partial charge >= 0.3 is 0 Å². The third kappa shape index (κ3) is 2.18. The largest absolute Gasteiger partial charge is 0.292 e. The minimum atomic E-state index is -0.205. The fourth-order valence-electron chi connectivity index (χ4n) is 2.24. The van der Waals surface area contributed by atoms with Gasteiger partial charge in [-0.3, -0.25) is 11.5 Å². The van der Waals surface area contributed by atoms with Crippen molar-refractivity contribution in [1.82, 2.24) is 10.2 Å². The summed E-state index contributed by atoms with van der Waals surface area (Å²) in [5, 5.41) is 6.68. The van der Waals surface area contributed by atoms with Crippen LogP contribution in [0.15, 0.2) is 12.1 Å². The summed E-state index contributed by atoms with van der Waals surface area (Å²) in [4.78, 5) is 0. The van der Waals surface area contributed by atoms with Crippen LogP contribution in [0.4, 0.5) is 11.6 Å². The molecule has 0 aliphatic heterocycles. The van der Waals surface area contributed by atoms with Gasteiger partial charge in [0.05, 0.1) is 28.9 Å². The van der Waals surface area contributed by atoms with Crippen molar-refractivity contribution in [2.24, 2.45) is 0 Å². The molecule has 0 spiro atoms. The highest BCUT2D eigenvalue weighted by molar-refractivity contribution is 5.36. The molecular weight excluding hydrogens is 240 g/mol. The summed E-state index contributed by atoms with van der Waals surface area (Å²) in [7, 11) is 0. The Bertz CT molecular complexity index is 528. The summed E-state index contributed by atoms with van der Waals surface area (Å²) in [5.74, 6) is 1.49. The van der Waals surface area contributed by atoms with Crippen molar-refractivity contribution in [2.45, 2.75) is 46.2 Å². The lowest BCUT2D eigenvalue weighted by atomic mass is 9.86. The number of rotatable bonds is 4. The van der Waals surface area contributed by atoms with Crippen LogP contribution in [-0.4, -0.2) is 10.2 Å². The van der Waals surface area contributed by atoms with E-state index in [0.29, 0.717) is 0 Å². The van der Waals surface area contributed by atoms with E-state index in [1.54, 1.807) is 0 Å². The van der Waals surface area contributed by atoms with Crippen molar-refractivity contribution in [3.05, 3.63) is 23.5 Å². The van der Waals surface area contributed by atoms with Gasteiger partial charge in [0.25, 0.3) is 11.6 Å². The van der Waals surface area contributed by atoms with Crippen LogP contribution in [0, 0.1) is 0 Å². The van der Waals surface area contributed by atoms with E-state index in [-0.39, 0.29) is 5.41 Å². The molecule has 6 N–H and O–H groups in total. The molecule has 2 aromatic rings. The van der Waals surface area contributed by atoms with E-state index >= 15 is 0 Å². The fraction of sp³-hybridized carbons (Fsp3) is 0.538. The lowest BCUT2D eigenvalue weighted by Gasteiger charge is -2.19. The lowest BCUT2D eigenvalue weighted by molar-refractivity contribution is -0.735. The van der Waals surface area contributed by atoms with Gasteiger partial charge < -0.3 is 0 Å². The molecule has 0 saturated heterocycles. The summed E-state index contributed by atoms with van der Waals surface area (Å²) in [5.41, 5.74) is 13.9. The summed E-state index contributed by atoms with van der Waals surface area (Å²) in [6.45, 7) is 10.0. The van der Waals surface area contributed by atoms with Gasteiger partial charge in [-0.1, -0.05) is 0 Å². The minimum Gasteiger partial charge on any atom is -0.285 e. The topological polar surface area (TPSA) is 91.4 Å². The maximum Gasteiger partial charge on any atom is 0.292 e. The Hall–Kier alpha value is -1.98. The molecule has 19 heavy (non-hydrogen) atoms. The summed E-state index contributed by atoms with van der Waals surface area (Å²) in [6, 6.07) is 3.97. The number of aromatic nitrogens is 4. The first-order valence-electron chi connectivity index (χ1n) is 6.67. The molecule has 6 heteroatoms. The SMILES string of the molecule is CC[n+]1[nH]c(C(C)(C)c2cc(N)[n+](CC)[nH]2)cc1N. The Kier molecular flexibility index (Phi) is 3.26. The first-order valence-corrected chi connectivity index (χ1v) is 6.67. The number of aryl methyl sites for hydroxylation is 2. The first-order chi connectivity index (χ1) is 8.90. The van der Waals surface area contributed by atoms with E-state index in [1.165, 1.54) is 0 Å². The molecule has 0 aliphatic carbocycles. The first kappa shape index (κ1) is 13.5. The quantitative estimate of drug-likeness (QED) is 0.604. The monoisotopic (exact) mass is 264 g/mol. The van der Waals surface area contributed by atoms with Crippen molar-refractivity contribution in [3.8, 4) is 0 Å².